The number of phenols is 2. The van der Waals surface area contributed by atoms with E-state index in [9.17, 15) is 29.0 Å². The Labute approximate surface area is 248 Å². The number of ketones is 1. The van der Waals surface area contributed by atoms with Gasteiger partial charge in [0.1, 0.15) is 17.4 Å². The van der Waals surface area contributed by atoms with Crippen molar-refractivity contribution in [3.05, 3.63) is 76.6 Å². The number of esters is 1. The highest BCUT2D eigenvalue weighted by molar-refractivity contribution is 6.11. The minimum Gasteiger partial charge on any atom is -0.507 e. The Bertz CT molecular complexity index is 1480. The Balaban J connectivity index is 1.49. The zero-order valence-electron chi connectivity index (χ0n) is 24.3. The van der Waals surface area contributed by atoms with Crippen LogP contribution in [0, 0.1) is 5.82 Å². The zero-order valence-corrected chi connectivity index (χ0v) is 24.3. The van der Waals surface area contributed by atoms with Crippen LogP contribution in [-0.4, -0.2) is 81.4 Å². The molecular weight excluding hydrogens is 561 g/mol. The molecule has 0 radical (unpaired) electrons. The van der Waals surface area contributed by atoms with E-state index in [1.54, 1.807) is 14.1 Å². The fourth-order valence-corrected chi connectivity index (χ4v) is 4.80. The van der Waals surface area contributed by atoms with Crippen LogP contribution in [0.5, 0.6) is 23.0 Å². The minimum atomic E-state index is -0.849. The van der Waals surface area contributed by atoms with E-state index in [-0.39, 0.29) is 39.6 Å². The second-order valence-electron chi connectivity index (χ2n) is 10.2. The van der Waals surface area contributed by atoms with Gasteiger partial charge in [0, 0.05) is 31.8 Å². The minimum absolute atomic E-state index is 0.0664. The lowest BCUT2D eigenvalue weighted by molar-refractivity contribution is 0.0192. The molecule has 1 saturated heterocycles. The summed E-state index contributed by atoms with van der Waals surface area (Å²) in [6, 6.07) is 10.3. The first-order valence-electron chi connectivity index (χ1n) is 13.6. The summed E-state index contributed by atoms with van der Waals surface area (Å²) in [6.07, 6.45) is 0.497. The van der Waals surface area contributed by atoms with Gasteiger partial charge in [-0.1, -0.05) is 12.1 Å². The summed E-state index contributed by atoms with van der Waals surface area (Å²) in [6.45, 7) is 1.00. The molecule has 0 aromatic heterocycles. The van der Waals surface area contributed by atoms with Crippen LogP contribution in [-0.2, 0) is 4.74 Å². The van der Waals surface area contributed by atoms with Gasteiger partial charge in [-0.2, -0.15) is 0 Å². The lowest BCUT2D eigenvalue weighted by Crippen LogP contribution is -2.49. The molecule has 2 atom stereocenters. The number of halogens is 1. The first-order valence-corrected chi connectivity index (χ1v) is 13.6. The molecule has 0 unspecified atom stereocenters. The molecule has 0 spiro atoms. The smallest absolute Gasteiger partial charge is 0.338 e. The Morgan fingerprint density at radius 2 is 1.58 bits per heavy atom. The summed E-state index contributed by atoms with van der Waals surface area (Å²) >= 11 is 0. The van der Waals surface area contributed by atoms with E-state index in [2.05, 4.69) is 10.6 Å². The highest BCUT2D eigenvalue weighted by Crippen LogP contribution is 2.37. The molecular formula is C31H34FN3O8. The molecule has 0 saturated carbocycles. The van der Waals surface area contributed by atoms with Crippen molar-refractivity contribution >= 4 is 23.3 Å². The van der Waals surface area contributed by atoms with E-state index in [4.69, 9.17) is 14.2 Å². The Kier molecular flexibility index (Phi) is 9.71. The second kappa shape index (κ2) is 13.4. The maximum absolute atomic E-state index is 15.0. The monoisotopic (exact) mass is 595 g/mol. The number of methoxy groups -OCH3 is 2. The van der Waals surface area contributed by atoms with Crippen LogP contribution in [0.4, 0.5) is 10.1 Å². The lowest BCUT2D eigenvalue weighted by atomic mass is 9.99. The van der Waals surface area contributed by atoms with E-state index in [1.165, 1.54) is 67.7 Å². The summed E-state index contributed by atoms with van der Waals surface area (Å²) in [5.74, 6) is -3.33. The van der Waals surface area contributed by atoms with Crippen LogP contribution < -0.4 is 25.0 Å². The predicted molar refractivity (Wildman–Crippen MR) is 156 cm³/mol. The highest BCUT2D eigenvalue weighted by Gasteiger charge is 2.30. The van der Waals surface area contributed by atoms with Crippen molar-refractivity contribution in [2.75, 3.05) is 46.3 Å². The second-order valence-corrected chi connectivity index (χ2v) is 10.2. The van der Waals surface area contributed by atoms with Crippen molar-refractivity contribution in [1.82, 2.24) is 10.6 Å². The van der Waals surface area contributed by atoms with Crippen LogP contribution in [0.1, 0.15) is 49.5 Å². The molecule has 4 N–H and O–H groups in total. The SMILES string of the molecule is COc1cc(C(=O)N[C@@H]2CNCCC[C@H]2OC(=O)c2ccc(C(=O)c3c(O)ccc(N(C)C)c3F)cc2)cc(OC)c1O. The van der Waals surface area contributed by atoms with Gasteiger partial charge in [0.15, 0.2) is 23.1 Å². The molecule has 0 aliphatic carbocycles. The van der Waals surface area contributed by atoms with Crippen molar-refractivity contribution in [3.8, 4) is 23.0 Å². The molecule has 11 nitrogen and oxygen atoms in total. The van der Waals surface area contributed by atoms with Crippen LogP contribution in [0.25, 0.3) is 0 Å². The molecule has 4 rings (SSSR count). The molecule has 1 fully saturated rings. The van der Waals surface area contributed by atoms with Gasteiger partial charge < -0.3 is 40.0 Å². The predicted octanol–water partition coefficient (Wildman–Crippen LogP) is 3.26. The number of carbonyl (C=O) groups is 3. The first kappa shape index (κ1) is 31.1. The largest absolute Gasteiger partial charge is 0.507 e. The van der Waals surface area contributed by atoms with E-state index in [1.807, 2.05) is 0 Å². The number of aromatic hydroxyl groups is 2. The van der Waals surface area contributed by atoms with Gasteiger partial charge in [-0.3, -0.25) is 9.59 Å². The fraction of sp³-hybridized carbons (Fsp3) is 0.323. The van der Waals surface area contributed by atoms with Crippen molar-refractivity contribution in [3.63, 3.8) is 0 Å². The van der Waals surface area contributed by atoms with Gasteiger partial charge in [0.05, 0.1) is 31.5 Å². The number of amides is 1. The molecule has 12 heteroatoms. The Morgan fingerprint density at radius 1 is 0.953 bits per heavy atom. The van der Waals surface area contributed by atoms with E-state index in [0.717, 1.165) is 0 Å². The average Bonchev–Trinajstić information content (AvgIpc) is 3.21. The van der Waals surface area contributed by atoms with Crippen molar-refractivity contribution in [1.29, 1.82) is 0 Å². The van der Waals surface area contributed by atoms with Gasteiger partial charge in [-0.15, -0.1) is 0 Å². The van der Waals surface area contributed by atoms with Crippen LogP contribution in [0.2, 0.25) is 0 Å². The number of hydrogen-bond acceptors (Lipinski definition) is 10. The number of benzene rings is 3. The Morgan fingerprint density at radius 3 is 2.19 bits per heavy atom. The topological polar surface area (TPSA) is 147 Å². The third kappa shape index (κ3) is 6.81. The van der Waals surface area contributed by atoms with E-state index >= 15 is 0 Å². The van der Waals surface area contributed by atoms with E-state index < -0.39 is 46.9 Å². The summed E-state index contributed by atoms with van der Waals surface area (Å²) < 4.78 is 31.1. The summed E-state index contributed by atoms with van der Waals surface area (Å²) in [5, 5.41) is 26.5. The van der Waals surface area contributed by atoms with Crippen LogP contribution in [0.3, 0.4) is 0 Å². The maximum Gasteiger partial charge on any atom is 0.338 e. The molecule has 0 bridgehead atoms. The molecule has 1 amide bonds. The molecule has 3 aromatic rings. The highest BCUT2D eigenvalue weighted by atomic mass is 19.1. The number of anilines is 1. The fourth-order valence-electron chi connectivity index (χ4n) is 4.80. The first-order chi connectivity index (χ1) is 20.5. The average molecular weight is 596 g/mol. The van der Waals surface area contributed by atoms with Crippen LogP contribution in [0.15, 0.2) is 48.5 Å². The van der Waals surface area contributed by atoms with Gasteiger partial charge in [-0.05, 0) is 55.8 Å². The molecule has 3 aromatic carbocycles. The lowest BCUT2D eigenvalue weighted by Gasteiger charge is -2.26. The van der Waals surface area contributed by atoms with Gasteiger partial charge in [0.2, 0.25) is 5.75 Å². The van der Waals surface area contributed by atoms with Gasteiger partial charge >= 0.3 is 5.97 Å². The third-order valence-corrected chi connectivity index (χ3v) is 7.16. The van der Waals surface area contributed by atoms with Crippen molar-refractivity contribution in [2.24, 2.45) is 0 Å². The normalized spacial score (nSPS) is 16.5. The number of nitrogens with zero attached hydrogens (tertiary/aromatic N) is 1. The Hall–Kier alpha value is -4.84. The number of phenolic OH excluding ortho intramolecular Hbond substituents is 2. The summed E-state index contributed by atoms with van der Waals surface area (Å²) in [7, 11) is 5.94. The van der Waals surface area contributed by atoms with Gasteiger partial charge in [0.25, 0.3) is 5.91 Å². The standard InChI is InChI=1S/C31H34FN3O8/c1-35(2)21-11-12-22(36)26(27(21)32)28(37)17-7-9-18(10-8-17)31(40)43-23-6-5-13-33-16-20(23)34-30(39)19-14-24(41-3)29(38)25(15-19)42-4/h7-12,14-15,20,23,33,36,38H,5-6,13,16H2,1-4H3,(H,34,39)/t20-,23-/m1/s1. The number of rotatable bonds is 9. The summed E-state index contributed by atoms with van der Waals surface area (Å²) in [5.41, 5.74) is 0.0861. The number of ether oxygens (including phenoxy) is 3. The van der Waals surface area contributed by atoms with Gasteiger partial charge in [-0.25, -0.2) is 9.18 Å². The maximum atomic E-state index is 15.0. The number of hydrogen-bond donors (Lipinski definition) is 4. The van der Waals surface area contributed by atoms with E-state index in [0.29, 0.717) is 25.9 Å². The molecule has 1 heterocycles. The molecule has 228 valence electrons. The number of nitrogens with one attached hydrogen (secondary N) is 2. The number of carbonyl (C=O) groups excluding carboxylic acids is 3. The quantitative estimate of drug-likeness (QED) is 0.215. The summed E-state index contributed by atoms with van der Waals surface area (Å²) in [4.78, 5) is 40.8. The molecule has 1 aliphatic heterocycles. The third-order valence-electron chi connectivity index (χ3n) is 7.16. The van der Waals surface area contributed by atoms with Crippen molar-refractivity contribution in [2.45, 2.75) is 25.0 Å². The van der Waals surface area contributed by atoms with Crippen LogP contribution >= 0.6 is 0 Å². The molecule has 1 aliphatic rings. The van der Waals surface area contributed by atoms with Crippen molar-refractivity contribution < 1.29 is 43.2 Å². The zero-order chi connectivity index (χ0) is 31.3. The molecule has 43 heavy (non-hydrogen) atoms.